The number of methoxy groups -OCH3 is 1. The first-order valence-electron chi connectivity index (χ1n) is 8.74. The number of pyridine rings is 1. The smallest absolute Gasteiger partial charge is 0.328 e. The molecule has 2 heterocycles. The number of carbonyl (C=O) groups excluding carboxylic acids is 1. The number of fused-ring (bicyclic) bond motifs is 1. The molecule has 5 heteroatoms. The van der Waals surface area contributed by atoms with Crippen LogP contribution in [0.2, 0.25) is 0 Å². The lowest BCUT2D eigenvalue weighted by molar-refractivity contribution is -0.136. The molecule has 1 N–H and O–H groups in total. The second-order valence-corrected chi connectivity index (χ2v) is 6.32. The summed E-state index contributed by atoms with van der Waals surface area (Å²) in [6.07, 6.45) is 1.80. The zero-order valence-corrected chi connectivity index (χ0v) is 14.6. The van der Waals surface area contributed by atoms with Gasteiger partial charge in [-0.3, -0.25) is 0 Å². The third-order valence-corrected chi connectivity index (χ3v) is 4.60. The topological polar surface area (TPSA) is 60.5 Å². The van der Waals surface area contributed by atoms with Gasteiger partial charge in [0.05, 0.1) is 18.3 Å². The molecule has 132 valence electrons. The van der Waals surface area contributed by atoms with Gasteiger partial charge in [-0.1, -0.05) is 30.3 Å². The van der Waals surface area contributed by atoms with Crippen molar-refractivity contribution in [1.82, 2.24) is 10.3 Å². The second kappa shape index (κ2) is 7.14. The van der Waals surface area contributed by atoms with Gasteiger partial charge in [-0.2, -0.15) is 0 Å². The van der Waals surface area contributed by atoms with E-state index in [0.717, 1.165) is 41.5 Å². The summed E-state index contributed by atoms with van der Waals surface area (Å²) in [7, 11) is 1.62. The van der Waals surface area contributed by atoms with Gasteiger partial charge in [0.2, 0.25) is 0 Å². The summed E-state index contributed by atoms with van der Waals surface area (Å²) in [6.45, 7) is 0.851. The average molecular weight is 348 g/mol. The fourth-order valence-corrected chi connectivity index (χ4v) is 3.21. The van der Waals surface area contributed by atoms with E-state index < -0.39 is 0 Å². The zero-order valence-electron chi connectivity index (χ0n) is 14.6. The van der Waals surface area contributed by atoms with Crippen LogP contribution in [-0.2, 0) is 4.79 Å². The lowest BCUT2D eigenvalue weighted by Gasteiger charge is -2.14. The highest BCUT2D eigenvalue weighted by Crippen LogP contribution is 2.32. The predicted molar refractivity (Wildman–Crippen MR) is 100 cm³/mol. The summed E-state index contributed by atoms with van der Waals surface area (Å²) in [5.74, 6) is 0.991. The van der Waals surface area contributed by atoms with Gasteiger partial charge in [0.15, 0.2) is 0 Å². The Morgan fingerprint density at radius 3 is 2.73 bits per heavy atom. The van der Waals surface area contributed by atoms with Crippen LogP contribution in [0.4, 0.5) is 0 Å². The van der Waals surface area contributed by atoms with Crippen LogP contribution in [0.25, 0.3) is 22.2 Å². The van der Waals surface area contributed by atoms with Crippen molar-refractivity contribution < 1.29 is 14.3 Å². The molecule has 0 aliphatic carbocycles. The molecule has 1 atom stereocenters. The summed E-state index contributed by atoms with van der Waals surface area (Å²) >= 11 is 0. The largest absolute Gasteiger partial charge is 0.497 e. The summed E-state index contributed by atoms with van der Waals surface area (Å²) in [5.41, 5.74) is 2.45. The second-order valence-electron chi connectivity index (χ2n) is 6.32. The Hall–Kier alpha value is -2.92. The van der Waals surface area contributed by atoms with Crippen molar-refractivity contribution in [3.05, 3.63) is 54.6 Å². The molecule has 5 nitrogen and oxygen atoms in total. The van der Waals surface area contributed by atoms with E-state index in [1.807, 2.05) is 54.6 Å². The molecule has 26 heavy (non-hydrogen) atoms. The average Bonchev–Trinajstić information content (AvgIpc) is 3.23. The first-order valence-corrected chi connectivity index (χ1v) is 8.74. The molecule has 0 bridgehead atoms. The van der Waals surface area contributed by atoms with Crippen molar-refractivity contribution in [2.75, 3.05) is 13.7 Å². The predicted octanol–water partition coefficient (Wildman–Crippen LogP) is 3.57. The van der Waals surface area contributed by atoms with Gasteiger partial charge in [-0.15, -0.1) is 0 Å². The SMILES string of the molecule is COc1ccc2c(OC(=O)[C@@H]3CCCN3)cc(-c3ccccc3)nc2c1. The quantitative estimate of drug-likeness (QED) is 0.731. The fourth-order valence-electron chi connectivity index (χ4n) is 3.21. The van der Waals surface area contributed by atoms with Crippen LogP contribution in [0.1, 0.15) is 12.8 Å². The van der Waals surface area contributed by atoms with Gasteiger partial charge in [0.1, 0.15) is 17.5 Å². The number of esters is 1. The molecule has 1 aliphatic heterocycles. The molecule has 3 aromatic rings. The van der Waals surface area contributed by atoms with E-state index >= 15 is 0 Å². The van der Waals surface area contributed by atoms with Crippen LogP contribution in [0.15, 0.2) is 54.6 Å². The van der Waals surface area contributed by atoms with Crippen LogP contribution < -0.4 is 14.8 Å². The van der Waals surface area contributed by atoms with E-state index in [1.54, 1.807) is 7.11 Å². The van der Waals surface area contributed by atoms with Crippen molar-refractivity contribution in [3.8, 4) is 22.8 Å². The van der Waals surface area contributed by atoms with E-state index in [1.165, 1.54) is 0 Å². The molecule has 1 aliphatic rings. The van der Waals surface area contributed by atoms with Crippen molar-refractivity contribution in [2.45, 2.75) is 18.9 Å². The molecule has 1 saturated heterocycles. The van der Waals surface area contributed by atoms with Crippen LogP contribution in [-0.4, -0.2) is 30.6 Å². The van der Waals surface area contributed by atoms with Gasteiger partial charge < -0.3 is 14.8 Å². The van der Waals surface area contributed by atoms with Crippen LogP contribution >= 0.6 is 0 Å². The van der Waals surface area contributed by atoms with Crippen molar-refractivity contribution in [1.29, 1.82) is 0 Å². The highest BCUT2D eigenvalue weighted by atomic mass is 16.5. The normalized spacial score (nSPS) is 16.6. The molecular weight excluding hydrogens is 328 g/mol. The molecule has 2 aromatic carbocycles. The number of carbonyl (C=O) groups is 1. The first kappa shape index (κ1) is 16.5. The van der Waals surface area contributed by atoms with E-state index in [9.17, 15) is 4.79 Å². The van der Waals surface area contributed by atoms with Crippen molar-refractivity contribution in [2.24, 2.45) is 0 Å². The molecule has 1 fully saturated rings. The third kappa shape index (κ3) is 3.26. The maximum Gasteiger partial charge on any atom is 0.328 e. The molecule has 0 spiro atoms. The molecule has 0 amide bonds. The van der Waals surface area contributed by atoms with Crippen LogP contribution in [0.5, 0.6) is 11.5 Å². The van der Waals surface area contributed by atoms with Crippen LogP contribution in [0, 0.1) is 0 Å². The Morgan fingerprint density at radius 1 is 1.15 bits per heavy atom. The molecule has 0 unspecified atom stereocenters. The van der Waals surface area contributed by atoms with E-state index in [-0.39, 0.29) is 12.0 Å². The summed E-state index contributed by atoms with van der Waals surface area (Å²) in [5, 5.41) is 3.97. The van der Waals surface area contributed by atoms with Crippen molar-refractivity contribution in [3.63, 3.8) is 0 Å². The number of aromatic nitrogens is 1. The number of rotatable bonds is 4. The van der Waals surface area contributed by atoms with E-state index in [0.29, 0.717) is 11.5 Å². The molecule has 4 rings (SSSR count). The maximum absolute atomic E-state index is 12.5. The summed E-state index contributed by atoms with van der Waals surface area (Å²) in [4.78, 5) is 17.2. The van der Waals surface area contributed by atoms with Gasteiger partial charge in [0, 0.05) is 23.1 Å². The minimum absolute atomic E-state index is 0.239. The number of hydrogen-bond acceptors (Lipinski definition) is 5. The van der Waals surface area contributed by atoms with Gasteiger partial charge in [-0.05, 0) is 31.5 Å². The Morgan fingerprint density at radius 2 is 2.00 bits per heavy atom. The van der Waals surface area contributed by atoms with E-state index in [2.05, 4.69) is 5.32 Å². The summed E-state index contributed by atoms with van der Waals surface area (Å²) in [6, 6.07) is 17.0. The van der Waals surface area contributed by atoms with E-state index in [4.69, 9.17) is 14.5 Å². The number of ether oxygens (including phenoxy) is 2. The van der Waals surface area contributed by atoms with Crippen molar-refractivity contribution >= 4 is 16.9 Å². The van der Waals surface area contributed by atoms with Gasteiger partial charge in [-0.25, -0.2) is 9.78 Å². The Kier molecular flexibility index (Phi) is 4.54. The minimum Gasteiger partial charge on any atom is -0.497 e. The number of nitrogens with one attached hydrogen (secondary N) is 1. The number of nitrogens with zero attached hydrogens (tertiary/aromatic N) is 1. The number of benzene rings is 2. The van der Waals surface area contributed by atoms with Gasteiger partial charge in [0.25, 0.3) is 0 Å². The monoisotopic (exact) mass is 348 g/mol. The number of hydrogen-bond donors (Lipinski definition) is 1. The Balaban J connectivity index is 1.79. The highest BCUT2D eigenvalue weighted by Gasteiger charge is 2.25. The van der Waals surface area contributed by atoms with Gasteiger partial charge >= 0.3 is 5.97 Å². The Bertz CT molecular complexity index is 935. The Labute approximate surface area is 152 Å². The lowest BCUT2D eigenvalue weighted by Crippen LogP contribution is -2.34. The molecule has 0 radical (unpaired) electrons. The fraction of sp³-hybridized carbons (Fsp3) is 0.238. The lowest BCUT2D eigenvalue weighted by atomic mass is 10.1. The molecular formula is C21H20N2O3. The summed E-state index contributed by atoms with van der Waals surface area (Å²) < 4.78 is 11.1. The minimum atomic E-state index is -0.246. The maximum atomic E-state index is 12.5. The highest BCUT2D eigenvalue weighted by molar-refractivity contribution is 5.91. The standard InChI is InChI=1S/C21H20N2O3/c1-25-15-9-10-16-19(12-15)23-18(14-6-3-2-4-7-14)13-20(16)26-21(24)17-8-5-11-22-17/h2-4,6-7,9-10,12-13,17,22H,5,8,11H2,1H3/t17-/m0/s1. The molecule has 1 aromatic heterocycles. The third-order valence-electron chi connectivity index (χ3n) is 4.60. The molecule has 0 saturated carbocycles. The zero-order chi connectivity index (χ0) is 17.9. The first-order chi connectivity index (χ1) is 12.7. The van der Waals surface area contributed by atoms with Crippen LogP contribution in [0.3, 0.4) is 0 Å².